The molecule has 5 heteroatoms. The third-order valence-corrected chi connectivity index (χ3v) is 2.97. The Morgan fingerprint density at radius 1 is 1.00 bits per heavy atom. The molecule has 0 fully saturated rings. The fourth-order valence-corrected chi connectivity index (χ4v) is 1.93. The van der Waals surface area contributed by atoms with Gasteiger partial charge in [0.15, 0.2) is 0 Å². The molecule has 0 N–H and O–H groups in total. The summed E-state index contributed by atoms with van der Waals surface area (Å²) in [4.78, 5) is 0. The monoisotopic (exact) mass is 282 g/mol. The molecule has 1 aliphatic rings. The highest BCUT2D eigenvalue weighted by Crippen LogP contribution is 2.33. The van der Waals surface area contributed by atoms with Crippen LogP contribution in [0.25, 0.3) is 0 Å². The van der Waals surface area contributed by atoms with Crippen molar-refractivity contribution in [3.63, 3.8) is 0 Å². The van der Waals surface area contributed by atoms with Crippen LogP contribution in [0.2, 0.25) is 0 Å². The Morgan fingerprint density at radius 2 is 1.62 bits per heavy atom. The zero-order chi connectivity index (χ0) is 14.5. The second kappa shape index (κ2) is 6.26. The molecule has 0 atom stereocenters. The Kier molecular flexibility index (Phi) is 4.01. The number of ether oxygens (including phenoxy) is 1. The van der Waals surface area contributed by atoms with E-state index in [1.807, 2.05) is 61.5 Å². The minimum Gasteiger partial charge on any atom is -0.486 e. The molecule has 4 nitrogen and oxygen atoms in total. The van der Waals surface area contributed by atoms with E-state index in [2.05, 4.69) is 0 Å². The maximum Gasteiger partial charge on any atom is 0.866 e. The summed E-state index contributed by atoms with van der Waals surface area (Å²) in [7, 11) is -0.815. The maximum atomic E-state index is 5.62. The molecule has 2 aromatic rings. The van der Waals surface area contributed by atoms with Crippen molar-refractivity contribution in [2.75, 3.05) is 0 Å². The highest BCUT2D eigenvalue weighted by atomic mass is 16.8. The standard InChI is InChI=1S/C16H15BO4/c1-2-16(18-12-13-8-4-3-5-9-13)21-17-19-14-10-6-7-11-15(14)20-17/h2-11H,12H2,1H3/b16-2-. The minimum atomic E-state index is -0.815. The van der Waals surface area contributed by atoms with Gasteiger partial charge in [0.25, 0.3) is 5.95 Å². The molecule has 21 heavy (non-hydrogen) atoms. The second-order valence-corrected chi connectivity index (χ2v) is 4.47. The number of hydrogen-bond acceptors (Lipinski definition) is 4. The number of allylic oxidation sites excluding steroid dienone is 1. The Bertz CT molecular complexity index is 602. The van der Waals surface area contributed by atoms with E-state index in [-0.39, 0.29) is 0 Å². The van der Waals surface area contributed by atoms with Gasteiger partial charge in [0, 0.05) is 0 Å². The lowest BCUT2D eigenvalue weighted by molar-refractivity contribution is 0.0744. The van der Waals surface area contributed by atoms with Crippen molar-refractivity contribution in [1.29, 1.82) is 0 Å². The van der Waals surface area contributed by atoms with Gasteiger partial charge in [-0.15, -0.1) is 0 Å². The average molecular weight is 282 g/mol. The van der Waals surface area contributed by atoms with E-state index in [1.165, 1.54) is 0 Å². The van der Waals surface area contributed by atoms with Gasteiger partial charge in [0.05, 0.1) is 0 Å². The van der Waals surface area contributed by atoms with Gasteiger partial charge in [0.1, 0.15) is 18.1 Å². The molecule has 0 amide bonds. The van der Waals surface area contributed by atoms with Crippen LogP contribution in [0.1, 0.15) is 12.5 Å². The lowest BCUT2D eigenvalue weighted by Gasteiger charge is -2.12. The van der Waals surface area contributed by atoms with Crippen molar-refractivity contribution in [3.8, 4) is 11.5 Å². The molecular formula is C16H15BO4. The lowest BCUT2D eigenvalue weighted by atomic mass is 10.2. The third-order valence-electron chi connectivity index (χ3n) is 2.97. The van der Waals surface area contributed by atoms with E-state index in [1.54, 1.807) is 6.08 Å². The number of rotatable bonds is 5. The van der Waals surface area contributed by atoms with E-state index in [0.29, 0.717) is 24.1 Å². The largest absolute Gasteiger partial charge is 0.866 e. The third kappa shape index (κ3) is 3.31. The van der Waals surface area contributed by atoms with Gasteiger partial charge in [-0.05, 0) is 30.7 Å². The molecule has 1 heterocycles. The SMILES string of the molecule is C/C=C(/OCc1ccccc1)OB1Oc2ccccc2O1. The molecule has 0 bridgehead atoms. The summed E-state index contributed by atoms with van der Waals surface area (Å²) in [5.41, 5.74) is 1.07. The number of fused-ring (bicyclic) bond motifs is 1. The topological polar surface area (TPSA) is 36.9 Å². The van der Waals surface area contributed by atoms with Crippen molar-refractivity contribution in [2.24, 2.45) is 0 Å². The molecular weight excluding hydrogens is 267 g/mol. The summed E-state index contributed by atoms with van der Waals surface area (Å²) in [6.07, 6.45) is 1.73. The summed E-state index contributed by atoms with van der Waals surface area (Å²) in [6, 6.07) is 17.3. The van der Waals surface area contributed by atoms with Crippen LogP contribution in [0.4, 0.5) is 0 Å². The second-order valence-electron chi connectivity index (χ2n) is 4.47. The molecule has 1 aliphatic heterocycles. The lowest BCUT2D eigenvalue weighted by Crippen LogP contribution is -2.29. The molecule has 0 unspecified atom stereocenters. The van der Waals surface area contributed by atoms with Crippen molar-refractivity contribution >= 4 is 7.32 Å². The van der Waals surface area contributed by atoms with Gasteiger partial charge >= 0.3 is 7.32 Å². The van der Waals surface area contributed by atoms with Crippen LogP contribution in [-0.4, -0.2) is 7.32 Å². The summed E-state index contributed by atoms with van der Waals surface area (Å²) >= 11 is 0. The van der Waals surface area contributed by atoms with Gasteiger partial charge < -0.3 is 18.7 Å². The average Bonchev–Trinajstić information content (AvgIpc) is 2.94. The minimum absolute atomic E-state index is 0.372. The summed E-state index contributed by atoms with van der Waals surface area (Å²) in [5, 5.41) is 0. The molecule has 0 radical (unpaired) electrons. The number of para-hydroxylation sites is 2. The van der Waals surface area contributed by atoms with Crippen molar-refractivity contribution in [2.45, 2.75) is 13.5 Å². The molecule has 0 saturated carbocycles. The molecule has 0 aliphatic carbocycles. The van der Waals surface area contributed by atoms with Crippen LogP contribution in [-0.2, 0) is 16.0 Å². The normalized spacial score (nSPS) is 13.2. The smallest absolute Gasteiger partial charge is 0.486 e. The van der Waals surface area contributed by atoms with Crippen LogP contribution >= 0.6 is 0 Å². The summed E-state index contributed by atoms with van der Waals surface area (Å²) < 4.78 is 22.2. The van der Waals surface area contributed by atoms with Crippen molar-refractivity contribution in [3.05, 3.63) is 72.2 Å². The molecule has 0 aromatic heterocycles. The first-order valence-electron chi connectivity index (χ1n) is 6.77. The zero-order valence-electron chi connectivity index (χ0n) is 11.7. The van der Waals surface area contributed by atoms with Gasteiger partial charge in [-0.25, -0.2) is 0 Å². The van der Waals surface area contributed by atoms with E-state index in [0.717, 1.165) is 5.56 Å². The first kappa shape index (κ1) is 13.4. The molecule has 0 saturated heterocycles. The summed E-state index contributed by atoms with van der Waals surface area (Å²) in [5.74, 6) is 1.71. The first-order chi connectivity index (χ1) is 10.3. The molecule has 106 valence electrons. The summed E-state index contributed by atoms with van der Waals surface area (Å²) in [6.45, 7) is 2.27. The van der Waals surface area contributed by atoms with Crippen LogP contribution in [0.3, 0.4) is 0 Å². The Balaban J connectivity index is 1.55. The van der Waals surface area contributed by atoms with Crippen molar-refractivity contribution in [1.82, 2.24) is 0 Å². The predicted octanol–water partition coefficient (Wildman–Crippen LogP) is 3.54. The maximum absolute atomic E-state index is 5.62. The van der Waals surface area contributed by atoms with Crippen molar-refractivity contribution < 1.29 is 18.7 Å². The van der Waals surface area contributed by atoms with Crippen LogP contribution in [0, 0.1) is 0 Å². The number of benzene rings is 2. The molecule has 3 rings (SSSR count). The first-order valence-corrected chi connectivity index (χ1v) is 6.77. The number of hydrogen-bond donors (Lipinski definition) is 0. The predicted molar refractivity (Wildman–Crippen MR) is 79.5 cm³/mol. The fraction of sp³-hybridized carbons (Fsp3) is 0.125. The van der Waals surface area contributed by atoms with Gasteiger partial charge in [-0.1, -0.05) is 42.5 Å². The van der Waals surface area contributed by atoms with Gasteiger partial charge in [-0.2, -0.15) is 0 Å². The van der Waals surface area contributed by atoms with Crippen LogP contribution in [0.5, 0.6) is 11.5 Å². The fourth-order valence-electron chi connectivity index (χ4n) is 1.93. The molecule has 0 spiro atoms. The Labute approximate surface area is 124 Å². The highest BCUT2D eigenvalue weighted by molar-refractivity contribution is 6.40. The van der Waals surface area contributed by atoms with Gasteiger partial charge in [-0.3, -0.25) is 0 Å². The van der Waals surface area contributed by atoms with E-state index in [9.17, 15) is 0 Å². The quantitative estimate of drug-likeness (QED) is 0.621. The molecule has 2 aromatic carbocycles. The Morgan fingerprint density at radius 3 is 2.24 bits per heavy atom. The Hall–Kier alpha value is -2.56. The highest BCUT2D eigenvalue weighted by Gasteiger charge is 2.38. The zero-order valence-corrected chi connectivity index (χ0v) is 11.7. The van der Waals surface area contributed by atoms with Crippen LogP contribution < -0.4 is 9.31 Å². The van der Waals surface area contributed by atoms with Crippen LogP contribution in [0.15, 0.2) is 66.6 Å². The van der Waals surface area contributed by atoms with E-state index in [4.69, 9.17) is 18.7 Å². The van der Waals surface area contributed by atoms with E-state index < -0.39 is 7.32 Å². The van der Waals surface area contributed by atoms with Gasteiger partial charge in [0.2, 0.25) is 0 Å². The van der Waals surface area contributed by atoms with E-state index >= 15 is 0 Å².